The second-order valence-electron chi connectivity index (χ2n) is 5.25. The van der Waals surface area contributed by atoms with Crippen LogP contribution in [-0.4, -0.2) is 41.6 Å². The number of para-hydroxylation sites is 1. The highest BCUT2D eigenvalue weighted by atomic mass is 16.5. The standard InChI is InChI=1S/C16H21NO4/c1-21-16(20)13-7-4-5-11-17(13)15(19)10-9-12-6-2-3-8-14(12)18/h2-3,6,8,13,18H,4-5,7,9-11H2,1H3. The van der Waals surface area contributed by atoms with Crippen LogP contribution in [0.2, 0.25) is 0 Å². The normalized spacial score (nSPS) is 18.3. The van der Waals surface area contributed by atoms with Crippen LogP contribution in [0.25, 0.3) is 0 Å². The van der Waals surface area contributed by atoms with Gasteiger partial charge in [0.15, 0.2) is 0 Å². The van der Waals surface area contributed by atoms with Crippen molar-refractivity contribution in [2.24, 2.45) is 0 Å². The number of aryl methyl sites for hydroxylation is 1. The smallest absolute Gasteiger partial charge is 0.328 e. The van der Waals surface area contributed by atoms with Crippen LogP contribution in [-0.2, 0) is 20.7 Å². The fourth-order valence-corrected chi connectivity index (χ4v) is 2.72. The van der Waals surface area contributed by atoms with Gasteiger partial charge in [-0.2, -0.15) is 0 Å². The molecule has 1 amide bonds. The maximum absolute atomic E-state index is 12.4. The number of hydrogen-bond donors (Lipinski definition) is 1. The molecule has 1 N–H and O–H groups in total. The number of ether oxygens (including phenoxy) is 1. The van der Waals surface area contributed by atoms with Gasteiger partial charge in [-0.05, 0) is 37.3 Å². The number of likely N-dealkylation sites (tertiary alicyclic amines) is 1. The number of methoxy groups -OCH3 is 1. The van der Waals surface area contributed by atoms with E-state index in [1.165, 1.54) is 7.11 Å². The monoisotopic (exact) mass is 291 g/mol. The third kappa shape index (κ3) is 3.74. The molecule has 0 bridgehead atoms. The van der Waals surface area contributed by atoms with Crippen molar-refractivity contribution < 1.29 is 19.4 Å². The number of aromatic hydroxyl groups is 1. The first-order chi connectivity index (χ1) is 10.1. The fraction of sp³-hybridized carbons (Fsp3) is 0.500. The zero-order chi connectivity index (χ0) is 15.2. The van der Waals surface area contributed by atoms with Crippen LogP contribution in [0.15, 0.2) is 24.3 Å². The summed E-state index contributed by atoms with van der Waals surface area (Å²) in [7, 11) is 1.35. The van der Waals surface area contributed by atoms with Gasteiger partial charge in [-0.1, -0.05) is 18.2 Å². The summed E-state index contributed by atoms with van der Waals surface area (Å²) in [5.74, 6) is -0.201. The van der Waals surface area contributed by atoms with E-state index in [0.717, 1.165) is 18.4 Å². The zero-order valence-electron chi connectivity index (χ0n) is 12.2. The number of nitrogens with zero attached hydrogens (tertiary/aromatic N) is 1. The second-order valence-corrected chi connectivity index (χ2v) is 5.25. The first-order valence-electron chi connectivity index (χ1n) is 7.27. The summed E-state index contributed by atoms with van der Waals surface area (Å²) in [4.78, 5) is 25.7. The Morgan fingerprint density at radius 3 is 2.81 bits per heavy atom. The Balaban J connectivity index is 1.98. The molecule has 0 aliphatic carbocycles. The number of carbonyl (C=O) groups excluding carboxylic acids is 2. The molecule has 1 saturated heterocycles. The fourth-order valence-electron chi connectivity index (χ4n) is 2.72. The lowest BCUT2D eigenvalue weighted by atomic mass is 10.0. The number of carbonyl (C=O) groups is 2. The number of phenolic OH excluding ortho intramolecular Hbond substituents is 1. The Bertz CT molecular complexity index is 515. The first kappa shape index (κ1) is 15.4. The first-order valence-corrected chi connectivity index (χ1v) is 7.27. The maximum Gasteiger partial charge on any atom is 0.328 e. The molecule has 1 atom stereocenters. The largest absolute Gasteiger partial charge is 0.508 e. The van der Waals surface area contributed by atoms with Gasteiger partial charge in [0.05, 0.1) is 7.11 Å². The van der Waals surface area contributed by atoms with Crippen molar-refractivity contribution in [2.75, 3.05) is 13.7 Å². The second kappa shape index (κ2) is 7.11. The van der Waals surface area contributed by atoms with E-state index in [-0.39, 0.29) is 24.0 Å². The van der Waals surface area contributed by atoms with Crippen molar-refractivity contribution in [3.05, 3.63) is 29.8 Å². The van der Waals surface area contributed by atoms with Gasteiger partial charge in [-0.15, -0.1) is 0 Å². The van der Waals surface area contributed by atoms with Gasteiger partial charge < -0.3 is 14.7 Å². The Morgan fingerprint density at radius 1 is 1.33 bits per heavy atom. The molecule has 1 aliphatic rings. The van der Waals surface area contributed by atoms with Gasteiger partial charge in [-0.25, -0.2) is 4.79 Å². The highest BCUT2D eigenvalue weighted by molar-refractivity contribution is 5.84. The minimum atomic E-state index is -0.458. The molecule has 5 heteroatoms. The Hall–Kier alpha value is -2.04. The number of hydrogen-bond acceptors (Lipinski definition) is 4. The van der Waals surface area contributed by atoms with Crippen molar-refractivity contribution in [1.82, 2.24) is 4.90 Å². The Kier molecular flexibility index (Phi) is 5.20. The van der Waals surface area contributed by atoms with Crippen LogP contribution in [0.4, 0.5) is 0 Å². The van der Waals surface area contributed by atoms with Crippen molar-refractivity contribution in [1.29, 1.82) is 0 Å². The predicted molar refractivity (Wildman–Crippen MR) is 77.8 cm³/mol. The maximum atomic E-state index is 12.4. The molecule has 2 rings (SSSR count). The lowest BCUT2D eigenvalue weighted by molar-refractivity contribution is -0.154. The van der Waals surface area contributed by atoms with Crippen LogP contribution in [0.3, 0.4) is 0 Å². The molecule has 114 valence electrons. The third-order valence-electron chi connectivity index (χ3n) is 3.90. The molecule has 1 heterocycles. The predicted octanol–water partition coefficient (Wildman–Crippen LogP) is 1.88. The number of esters is 1. The molecule has 0 saturated carbocycles. The van der Waals surface area contributed by atoms with Gasteiger partial charge in [-0.3, -0.25) is 4.79 Å². The average Bonchev–Trinajstić information content (AvgIpc) is 2.53. The summed E-state index contributed by atoms with van der Waals surface area (Å²) >= 11 is 0. The molecule has 0 radical (unpaired) electrons. The molecule has 0 aromatic heterocycles. The number of benzene rings is 1. The van der Waals surface area contributed by atoms with Crippen LogP contribution in [0, 0.1) is 0 Å². The zero-order valence-corrected chi connectivity index (χ0v) is 12.2. The SMILES string of the molecule is COC(=O)C1CCCCN1C(=O)CCc1ccccc1O. The number of rotatable bonds is 4. The molecule has 1 fully saturated rings. The summed E-state index contributed by atoms with van der Waals surface area (Å²) in [5.41, 5.74) is 0.748. The van der Waals surface area contributed by atoms with E-state index < -0.39 is 6.04 Å². The van der Waals surface area contributed by atoms with E-state index in [2.05, 4.69) is 0 Å². The number of amides is 1. The summed E-state index contributed by atoms with van der Waals surface area (Å²) < 4.78 is 4.78. The van der Waals surface area contributed by atoms with E-state index in [0.29, 0.717) is 19.4 Å². The number of piperidine rings is 1. The van der Waals surface area contributed by atoms with Crippen molar-refractivity contribution in [2.45, 2.75) is 38.1 Å². The molecule has 1 aromatic carbocycles. The van der Waals surface area contributed by atoms with Crippen LogP contribution >= 0.6 is 0 Å². The van der Waals surface area contributed by atoms with Crippen LogP contribution < -0.4 is 0 Å². The van der Waals surface area contributed by atoms with Crippen LogP contribution in [0.5, 0.6) is 5.75 Å². The van der Waals surface area contributed by atoms with Gasteiger partial charge >= 0.3 is 5.97 Å². The summed E-state index contributed by atoms with van der Waals surface area (Å²) in [6, 6.07) is 6.53. The molecule has 0 spiro atoms. The summed E-state index contributed by atoms with van der Waals surface area (Å²) in [6.07, 6.45) is 3.26. The minimum Gasteiger partial charge on any atom is -0.508 e. The van der Waals surface area contributed by atoms with Crippen molar-refractivity contribution in [3.63, 3.8) is 0 Å². The van der Waals surface area contributed by atoms with E-state index in [1.54, 1.807) is 23.1 Å². The Labute approximate surface area is 124 Å². The lowest BCUT2D eigenvalue weighted by Gasteiger charge is -2.33. The molecular formula is C16H21NO4. The van der Waals surface area contributed by atoms with E-state index >= 15 is 0 Å². The summed E-state index contributed by atoms with van der Waals surface area (Å²) in [5, 5.41) is 9.71. The van der Waals surface area contributed by atoms with Gasteiger partial charge in [0.25, 0.3) is 0 Å². The molecular weight excluding hydrogens is 270 g/mol. The van der Waals surface area contributed by atoms with Crippen LogP contribution in [0.1, 0.15) is 31.2 Å². The molecule has 5 nitrogen and oxygen atoms in total. The van der Waals surface area contributed by atoms with E-state index in [1.807, 2.05) is 6.07 Å². The third-order valence-corrected chi connectivity index (χ3v) is 3.90. The van der Waals surface area contributed by atoms with E-state index in [4.69, 9.17) is 4.74 Å². The molecule has 1 aliphatic heterocycles. The quantitative estimate of drug-likeness (QED) is 0.860. The highest BCUT2D eigenvalue weighted by Crippen LogP contribution is 2.21. The summed E-state index contributed by atoms with van der Waals surface area (Å²) in [6.45, 7) is 0.597. The van der Waals surface area contributed by atoms with E-state index in [9.17, 15) is 14.7 Å². The van der Waals surface area contributed by atoms with Gasteiger partial charge in [0.2, 0.25) is 5.91 Å². The number of phenols is 1. The molecule has 1 unspecified atom stereocenters. The topological polar surface area (TPSA) is 66.8 Å². The minimum absolute atomic E-state index is 0.0617. The Morgan fingerprint density at radius 2 is 2.10 bits per heavy atom. The van der Waals surface area contributed by atoms with Crippen molar-refractivity contribution >= 4 is 11.9 Å². The highest BCUT2D eigenvalue weighted by Gasteiger charge is 2.32. The van der Waals surface area contributed by atoms with Gasteiger partial charge in [0, 0.05) is 13.0 Å². The lowest BCUT2D eigenvalue weighted by Crippen LogP contribution is -2.48. The molecule has 1 aromatic rings. The van der Waals surface area contributed by atoms with Gasteiger partial charge in [0.1, 0.15) is 11.8 Å². The average molecular weight is 291 g/mol. The van der Waals surface area contributed by atoms with Crippen molar-refractivity contribution in [3.8, 4) is 5.75 Å². The molecule has 21 heavy (non-hydrogen) atoms.